The summed E-state index contributed by atoms with van der Waals surface area (Å²) in [7, 11) is 0. The molecule has 1 aromatic carbocycles. The molecule has 2 saturated heterocycles. The van der Waals surface area contributed by atoms with Crippen molar-refractivity contribution >= 4 is 23.4 Å². The first-order valence-corrected chi connectivity index (χ1v) is 7.81. The predicted molar refractivity (Wildman–Crippen MR) is 82.5 cm³/mol. The minimum Gasteiger partial charge on any atom is -0.339 e. The standard InChI is InChI=1S/C17H20N2O3/c1-12-7-9-18(10-8-12)17(22)13-3-2-4-14(11-13)19-15(20)5-6-16(19)21/h2-4,11-12H,5-10H2,1H3. The van der Waals surface area contributed by atoms with Crippen molar-refractivity contribution in [2.75, 3.05) is 18.0 Å². The molecule has 3 amide bonds. The molecule has 0 N–H and O–H groups in total. The van der Waals surface area contributed by atoms with Crippen molar-refractivity contribution in [3.63, 3.8) is 0 Å². The van der Waals surface area contributed by atoms with Crippen molar-refractivity contribution < 1.29 is 14.4 Å². The summed E-state index contributed by atoms with van der Waals surface area (Å²) in [5, 5.41) is 0. The maximum Gasteiger partial charge on any atom is 0.253 e. The Bertz CT molecular complexity index is 602. The average Bonchev–Trinajstić information content (AvgIpc) is 2.86. The van der Waals surface area contributed by atoms with Crippen molar-refractivity contribution in [3.8, 4) is 0 Å². The smallest absolute Gasteiger partial charge is 0.253 e. The van der Waals surface area contributed by atoms with Crippen LogP contribution in [0.4, 0.5) is 5.69 Å². The van der Waals surface area contributed by atoms with E-state index in [2.05, 4.69) is 6.92 Å². The summed E-state index contributed by atoms with van der Waals surface area (Å²) in [6.07, 6.45) is 2.55. The van der Waals surface area contributed by atoms with E-state index in [-0.39, 0.29) is 30.6 Å². The van der Waals surface area contributed by atoms with E-state index in [4.69, 9.17) is 0 Å². The highest BCUT2D eigenvalue weighted by molar-refractivity contribution is 6.20. The number of carbonyl (C=O) groups excluding carboxylic acids is 3. The Morgan fingerprint density at radius 3 is 2.36 bits per heavy atom. The van der Waals surface area contributed by atoms with Crippen LogP contribution >= 0.6 is 0 Å². The van der Waals surface area contributed by atoms with Crippen molar-refractivity contribution in [1.29, 1.82) is 0 Å². The van der Waals surface area contributed by atoms with Gasteiger partial charge in [0.15, 0.2) is 0 Å². The number of piperidine rings is 1. The number of rotatable bonds is 2. The van der Waals surface area contributed by atoms with Gasteiger partial charge in [-0.1, -0.05) is 13.0 Å². The van der Waals surface area contributed by atoms with E-state index in [0.29, 0.717) is 17.2 Å². The molecular weight excluding hydrogens is 280 g/mol. The molecule has 2 aliphatic heterocycles. The molecule has 0 spiro atoms. The van der Waals surface area contributed by atoms with E-state index in [9.17, 15) is 14.4 Å². The molecule has 0 atom stereocenters. The number of hydrogen-bond donors (Lipinski definition) is 0. The molecule has 3 rings (SSSR count). The summed E-state index contributed by atoms with van der Waals surface area (Å²) < 4.78 is 0. The summed E-state index contributed by atoms with van der Waals surface area (Å²) in [5.41, 5.74) is 1.04. The molecule has 116 valence electrons. The lowest BCUT2D eigenvalue weighted by Crippen LogP contribution is -2.38. The van der Waals surface area contributed by atoms with Gasteiger partial charge in [0.1, 0.15) is 0 Å². The fourth-order valence-corrected chi connectivity index (χ4v) is 3.04. The molecule has 0 aliphatic carbocycles. The SMILES string of the molecule is CC1CCN(C(=O)c2cccc(N3C(=O)CCC3=O)c2)CC1. The predicted octanol–water partition coefficient (Wildman–Crippen LogP) is 2.21. The van der Waals surface area contributed by atoms with Crippen molar-refractivity contribution in [3.05, 3.63) is 29.8 Å². The van der Waals surface area contributed by atoms with E-state index < -0.39 is 0 Å². The number of imide groups is 1. The van der Waals surface area contributed by atoms with Gasteiger partial charge in [-0.05, 0) is 37.0 Å². The molecular formula is C17H20N2O3. The van der Waals surface area contributed by atoms with Crippen LogP contribution in [0, 0.1) is 5.92 Å². The molecule has 1 aromatic rings. The summed E-state index contributed by atoms with van der Waals surface area (Å²) in [6, 6.07) is 6.83. The van der Waals surface area contributed by atoms with E-state index in [0.717, 1.165) is 25.9 Å². The number of carbonyl (C=O) groups is 3. The van der Waals surface area contributed by atoms with Crippen molar-refractivity contribution in [2.45, 2.75) is 32.6 Å². The van der Waals surface area contributed by atoms with Gasteiger partial charge in [0, 0.05) is 31.5 Å². The van der Waals surface area contributed by atoms with Gasteiger partial charge in [0.25, 0.3) is 5.91 Å². The number of likely N-dealkylation sites (tertiary alicyclic amines) is 1. The highest BCUT2D eigenvalue weighted by Crippen LogP contribution is 2.25. The zero-order chi connectivity index (χ0) is 15.7. The molecule has 0 bridgehead atoms. The van der Waals surface area contributed by atoms with Crippen LogP contribution < -0.4 is 4.90 Å². The van der Waals surface area contributed by atoms with Crippen LogP contribution in [0.1, 0.15) is 43.0 Å². The Hall–Kier alpha value is -2.17. The lowest BCUT2D eigenvalue weighted by atomic mass is 9.98. The monoisotopic (exact) mass is 300 g/mol. The second-order valence-corrected chi connectivity index (χ2v) is 6.15. The van der Waals surface area contributed by atoms with E-state index >= 15 is 0 Å². The van der Waals surface area contributed by atoms with Gasteiger partial charge >= 0.3 is 0 Å². The number of nitrogens with zero attached hydrogens (tertiary/aromatic N) is 2. The summed E-state index contributed by atoms with van der Waals surface area (Å²) in [5.74, 6) is 0.255. The largest absolute Gasteiger partial charge is 0.339 e. The highest BCUT2D eigenvalue weighted by atomic mass is 16.2. The maximum atomic E-state index is 12.6. The van der Waals surface area contributed by atoms with E-state index in [1.165, 1.54) is 4.90 Å². The molecule has 0 aromatic heterocycles. The molecule has 0 unspecified atom stereocenters. The second-order valence-electron chi connectivity index (χ2n) is 6.15. The summed E-state index contributed by atoms with van der Waals surface area (Å²) in [6.45, 7) is 3.74. The van der Waals surface area contributed by atoms with Gasteiger partial charge < -0.3 is 4.90 Å². The number of amides is 3. The number of anilines is 1. The highest BCUT2D eigenvalue weighted by Gasteiger charge is 2.31. The Kier molecular flexibility index (Phi) is 3.96. The third-order valence-electron chi connectivity index (χ3n) is 4.47. The van der Waals surface area contributed by atoms with Gasteiger partial charge in [-0.2, -0.15) is 0 Å². The molecule has 2 fully saturated rings. The molecule has 0 radical (unpaired) electrons. The quantitative estimate of drug-likeness (QED) is 0.787. The Morgan fingerprint density at radius 2 is 1.73 bits per heavy atom. The topological polar surface area (TPSA) is 57.7 Å². The van der Waals surface area contributed by atoms with Crippen LogP contribution in [-0.4, -0.2) is 35.7 Å². The van der Waals surface area contributed by atoms with Crippen LogP contribution in [0.2, 0.25) is 0 Å². The lowest BCUT2D eigenvalue weighted by Gasteiger charge is -2.30. The van der Waals surface area contributed by atoms with E-state index in [1.807, 2.05) is 4.90 Å². The molecule has 2 aliphatic rings. The van der Waals surface area contributed by atoms with Crippen molar-refractivity contribution in [1.82, 2.24) is 4.90 Å². The molecule has 5 nitrogen and oxygen atoms in total. The Labute approximate surface area is 129 Å². The fraction of sp³-hybridized carbons (Fsp3) is 0.471. The molecule has 2 heterocycles. The van der Waals surface area contributed by atoms with Gasteiger partial charge in [-0.15, -0.1) is 0 Å². The van der Waals surface area contributed by atoms with Crippen molar-refractivity contribution in [2.24, 2.45) is 5.92 Å². The van der Waals surface area contributed by atoms with Crippen LogP contribution in [0.15, 0.2) is 24.3 Å². The van der Waals surface area contributed by atoms with Gasteiger partial charge in [0.05, 0.1) is 5.69 Å². The molecule has 0 saturated carbocycles. The first-order chi connectivity index (χ1) is 10.6. The minimum atomic E-state index is -0.193. The molecule has 5 heteroatoms. The van der Waals surface area contributed by atoms with Crippen LogP contribution in [-0.2, 0) is 9.59 Å². The first-order valence-electron chi connectivity index (χ1n) is 7.81. The summed E-state index contributed by atoms with van der Waals surface area (Å²) >= 11 is 0. The normalized spacial score (nSPS) is 19.9. The van der Waals surface area contributed by atoms with Crippen LogP contribution in [0.25, 0.3) is 0 Å². The summed E-state index contributed by atoms with van der Waals surface area (Å²) in [4.78, 5) is 39.2. The zero-order valence-corrected chi connectivity index (χ0v) is 12.7. The zero-order valence-electron chi connectivity index (χ0n) is 12.7. The molecule has 22 heavy (non-hydrogen) atoms. The van der Waals surface area contributed by atoms with Gasteiger partial charge in [0.2, 0.25) is 11.8 Å². The Balaban J connectivity index is 1.80. The lowest BCUT2D eigenvalue weighted by molar-refractivity contribution is -0.121. The second kappa shape index (κ2) is 5.91. The van der Waals surface area contributed by atoms with Crippen LogP contribution in [0.3, 0.4) is 0 Å². The number of benzene rings is 1. The maximum absolute atomic E-state index is 12.6. The van der Waals surface area contributed by atoms with Gasteiger partial charge in [-0.25, -0.2) is 0 Å². The van der Waals surface area contributed by atoms with Gasteiger partial charge in [-0.3, -0.25) is 19.3 Å². The Morgan fingerprint density at radius 1 is 1.09 bits per heavy atom. The third kappa shape index (κ3) is 2.75. The average molecular weight is 300 g/mol. The van der Waals surface area contributed by atoms with E-state index in [1.54, 1.807) is 24.3 Å². The fourth-order valence-electron chi connectivity index (χ4n) is 3.04. The first kappa shape index (κ1) is 14.8. The van der Waals surface area contributed by atoms with Crippen LogP contribution in [0.5, 0.6) is 0 Å². The number of hydrogen-bond acceptors (Lipinski definition) is 3. The minimum absolute atomic E-state index is 0.0205. The third-order valence-corrected chi connectivity index (χ3v) is 4.47.